The second-order valence-corrected chi connectivity index (χ2v) is 5.79. The molecule has 0 saturated carbocycles. The molecule has 0 saturated heterocycles. The fourth-order valence-electron chi connectivity index (χ4n) is 2.00. The third kappa shape index (κ3) is 4.72. The Morgan fingerprint density at radius 3 is 2.94 bits per heavy atom. The summed E-state index contributed by atoms with van der Waals surface area (Å²) in [6.07, 6.45) is 6.26. The van der Waals surface area contributed by atoms with E-state index in [0.29, 0.717) is 11.0 Å². The minimum Gasteiger partial charge on any atom is -0.396 e. The second-order valence-electron chi connectivity index (χ2n) is 4.36. The van der Waals surface area contributed by atoms with Crippen molar-refractivity contribution in [1.82, 2.24) is 4.90 Å². The van der Waals surface area contributed by atoms with Gasteiger partial charge in [-0.1, -0.05) is 13.0 Å². The first-order valence-electron chi connectivity index (χ1n) is 6.40. The molecule has 0 heterocycles. The third-order valence-electron chi connectivity index (χ3n) is 3.01. The summed E-state index contributed by atoms with van der Waals surface area (Å²) in [6, 6.07) is 0. The molecule has 0 aliphatic heterocycles. The summed E-state index contributed by atoms with van der Waals surface area (Å²) in [6.45, 7) is 5.04. The molecule has 0 aromatic rings. The van der Waals surface area contributed by atoms with Crippen LogP contribution in [0.25, 0.3) is 0 Å². The summed E-state index contributed by atoms with van der Waals surface area (Å²) in [5, 5.41) is 9.16. The maximum absolute atomic E-state index is 12.1. The quantitative estimate of drug-likeness (QED) is 0.761. The maximum atomic E-state index is 12.1. The molecule has 0 radical (unpaired) electrons. The number of aliphatic hydroxyl groups is 1. The fraction of sp³-hybridized carbons (Fsp3) is 0.769. The van der Waals surface area contributed by atoms with Gasteiger partial charge in [-0.15, -0.1) is 11.8 Å². The highest BCUT2D eigenvalue weighted by atomic mass is 32.2. The van der Waals surface area contributed by atoms with E-state index in [1.165, 1.54) is 12.1 Å². The average molecular weight is 257 g/mol. The highest BCUT2D eigenvalue weighted by molar-refractivity contribution is 8.00. The van der Waals surface area contributed by atoms with Gasteiger partial charge in [0.1, 0.15) is 0 Å². The number of aliphatic hydroxyl groups excluding tert-OH is 1. The van der Waals surface area contributed by atoms with Crippen LogP contribution >= 0.6 is 11.8 Å². The van der Waals surface area contributed by atoms with Crippen molar-refractivity contribution in [2.75, 3.05) is 18.9 Å². The van der Waals surface area contributed by atoms with Crippen molar-refractivity contribution in [1.29, 1.82) is 0 Å². The molecule has 0 aromatic heterocycles. The van der Waals surface area contributed by atoms with Crippen LogP contribution in [0.5, 0.6) is 0 Å². The van der Waals surface area contributed by atoms with Crippen molar-refractivity contribution in [3.63, 3.8) is 0 Å². The van der Waals surface area contributed by atoms with Crippen LogP contribution in [0.1, 0.15) is 39.5 Å². The lowest BCUT2D eigenvalue weighted by molar-refractivity contribution is -0.126. The fourth-order valence-corrected chi connectivity index (χ4v) is 2.85. The minimum atomic E-state index is 0.199. The number of hydrogen-bond acceptors (Lipinski definition) is 3. The number of hydrogen-bond donors (Lipinski definition) is 1. The monoisotopic (exact) mass is 257 g/mol. The van der Waals surface area contributed by atoms with Crippen molar-refractivity contribution in [2.24, 2.45) is 0 Å². The Balaban J connectivity index is 2.39. The number of nitrogens with zero attached hydrogens (tertiary/aromatic N) is 1. The van der Waals surface area contributed by atoms with E-state index < -0.39 is 0 Å². The number of carbonyl (C=O) groups is 1. The molecule has 0 spiro atoms. The van der Waals surface area contributed by atoms with E-state index >= 15 is 0 Å². The van der Waals surface area contributed by atoms with Crippen molar-refractivity contribution in [3.05, 3.63) is 11.8 Å². The van der Waals surface area contributed by atoms with Gasteiger partial charge in [0, 0.05) is 24.1 Å². The topological polar surface area (TPSA) is 40.5 Å². The first kappa shape index (κ1) is 14.6. The summed E-state index contributed by atoms with van der Waals surface area (Å²) in [5.74, 6) is 0.724. The Kier molecular flexibility index (Phi) is 6.66. The number of allylic oxidation sites excluding steroid dienone is 2. The molecular weight excluding hydrogens is 234 g/mol. The van der Waals surface area contributed by atoms with Gasteiger partial charge >= 0.3 is 0 Å². The number of thioether (sulfide) groups is 1. The molecule has 0 aromatic carbocycles. The molecule has 1 unspecified atom stereocenters. The maximum Gasteiger partial charge on any atom is 0.236 e. The molecule has 17 heavy (non-hydrogen) atoms. The van der Waals surface area contributed by atoms with Crippen LogP contribution in [0.2, 0.25) is 0 Å². The lowest BCUT2D eigenvalue weighted by Crippen LogP contribution is -2.31. The summed E-state index contributed by atoms with van der Waals surface area (Å²) in [7, 11) is 0. The van der Waals surface area contributed by atoms with E-state index in [9.17, 15) is 4.79 Å². The summed E-state index contributed by atoms with van der Waals surface area (Å²) >= 11 is 1.63. The highest BCUT2D eigenvalue weighted by Crippen LogP contribution is 2.23. The Labute approximate surface area is 108 Å². The highest BCUT2D eigenvalue weighted by Gasteiger charge is 2.19. The van der Waals surface area contributed by atoms with Gasteiger partial charge in [-0.25, -0.2) is 0 Å². The number of rotatable bonds is 7. The molecule has 4 heteroatoms. The summed E-state index contributed by atoms with van der Waals surface area (Å²) < 4.78 is 0. The van der Waals surface area contributed by atoms with E-state index in [1.807, 2.05) is 11.8 Å². The molecule has 1 rings (SSSR count). The number of carbonyl (C=O) groups excluding carboxylic acids is 1. The third-order valence-corrected chi connectivity index (χ3v) is 4.23. The van der Waals surface area contributed by atoms with Gasteiger partial charge in [0.25, 0.3) is 0 Å². The van der Waals surface area contributed by atoms with Gasteiger partial charge in [-0.2, -0.15) is 0 Å². The molecule has 3 nitrogen and oxygen atoms in total. The van der Waals surface area contributed by atoms with Crippen molar-refractivity contribution in [3.8, 4) is 0 Å². The molecule has 1 amide bonds. The zero-order valence-electron chi connectivity index (χ0n) is 10.8. The molecule has 1 atom stereocenters. The smallest absolute Gasteiger partial charge is 0.236 e. The van der Waals surface area contributed by atoms with Crippen molar-refractivity contribution >= 4 is 17.7 Å². The normalized spacial score (nSPS) is 16.8. The lowest BCUT2D eigenvalue weighted by atomic mass is 10.3. The number of amides is 1. The van der Waals surface area contributed by atoms with Gasteiger partial charge in [0.2, 0.25) is 5.91 Å². The van der Waals surface area contributed by atoms with Crippen LogP contribution < -0.4 is 0 Å². The predicted molar refractivity (Wildman–Crippen MR) is 72.9 cm³/mol. The van der Waals surface area contributed by atoms with Crippen LogP contribution in [0.15, 0.2) is 11.8 Å². The van der Waals surface area contributed by atoms with Gasteiger partial charge < -0.3 is 10.0 Å². The SMILES string of the molecule is CCN(C(=O)CSC(C)CCO)C1=CCCC1. The van der Waals surface area contributed by atoms with Crippen LogP contribution in [0.3, 0.4) is 0 Å². The standard InChI is InChI=1S/C13H23NO2S/c1-3-14(12-6-4-5-7-12)13(16)10-17-11(2)8-9-15/h6,11,15H,3-5,7-10H2,1-2H3. The largest absolute Gasteiger partial charge is 0.396 e. The average Bonchev–Trinajstić information content (AvgIpc) is 2.81. The summed E-state index contributed by atoms with van der Waals surface area (Å²) in [5.41, 5.74) is 1.20. The van der Waals surface area contributed by atoms with Gasteiger partial charge in [0.05, 0.1) is 5.75 Å². The Bertz CT molecular complexity index is 279. The van der Waals surface area contributed by atoms with E-state index in [-0.39, 0.29) is 12.5 Å². The van der Waals surface area contributed by atoms with Gasteiger partial charge in [-0.3, -0.25) is 4.79 Å². The van der Waals surface area contributed by atoms with Crippen LogP contribution in [-0.4, -0.2) is 40.1 Å². The zero-order chi connectivity index (χ0) is 12.7. The van der Waals surface area contributed by atoms with Crippen LogP contribution in [-0.2, 0) is 4.79 Å². The Morgan fingerprint density at radius 2 is 2.41 bits per heavy atom. The molecule has 1 N–H and O–H groups in total. The molecule has 98 valence electrons. The first-order valence-corrected chi connectivity index (χ1v) is 7.45. The van der Waals surface area contributed by atoms with Crippen LogP contribution in [0.4, 0.5) is 0 Å². The van der Waals surface area contributed by atoms with Crippen molar-refractivity contribution < 1.29 is 9.90 Å². The molecule has 1 aliphatic carbocycles. The van der Waals surface area contributed by atoms with Gasteiger partial charge in [0.15, 0.2) is 0 Å². The van der Waals surface area contributed by atoms with E-state index in [4.69, 9.17) is 5.11 Å². The van der Waals surface area contributed by atoms with Crippen LogP contribution in [0, 0.1) is 0 Å². The van der Waals surface area contributed by atoms with E-state index in [0.717, 1.165) is 25.8 Å². The summed E-state index contributed by atoms with van der Waals surface area (Å²) in [4.78, 5) is 14.0. The zero-order valence-corrected chi connectivity index (χ0v) is 11.6. The van der Waals surface area contributed by atoms with E-state index in [1.54, 1.807) is 11.8 Å². The predicted octanol–water partition coefficient (Wildman–Crippen LogP) is 2.41. The molecular formula is C13H23NO2S. The minimum absolute atomic E-state index is 0.199. The Hall–Kier alpha value is -0.480. The van der Waals surface area contributed by atoms with Crippen molar-refractivity contribution in [2.45, 2.75) is 44.8 Å². The van der Waals surface area contributed by atoms with Gasteiger partial charge in [-0.05, 0) is 32.6 Å². The molecule has 0 fully saturated rings. The first-order chi connectivity index (χ1) is 8.19. The Morgan fingerprint density at radius 1 is 1.65 bits per heavy atom. The molecule has 0 bridgehead atoms. The molecule has 1 aliphatic rings. The second kappa shape index (κ2) is 7.77. The van der Waals surface area contributed by atoms with E-state index in [2.05, 4.69) is 13.0 Å². The lowest BCUT2D eigenvalue weighted by Gasteiger charge is -2.22.